The maximum atomic E-state index is 12.3. The molecule has 19 heavy (non-hydrogen) atoms. The largest absolute Gasteiger partial charge is 0.356 e. The Kier molecular flexibility index (Phi) is 3.26. The minimum Gasteiger partial charge on any atom is -0.356 e. The van der Waals surface area contributed by atoms with Gasteiger partial charge in [-0.05, 0) is 37.6 Å². The molecule has 0 radical (unpaired) electrons. The standard InChI is InChI=1S/C12H15N3O3S/c16-19(17,15-10-2-1-5-13-8-10)11-3-4-12-9(6-11)7-14-18-12/h3-4,6-7,10,13,15H,1-2,5,8H2. The fourth-order valence-electron chi connectivity index (χ4n) is 2.26. The average molecular weight is 281 g/mol. The van der Waals surface area contributed by atoms with Gasteiger partial charge in [-0.1, -0.05) is 5.16 Å². The molecule has 0 bridgehead atoms. The third-order valence-corrected chi connectivity index (χ3v) is 4.77. The number of aromatic nitrogens is 1. The van der Waals surface area contributed by atoms with Gasteiger partial charge in [0.15, 0.2) is 5.58 Å². The van der Waals surface area contributed by atoms with E-state index in [-0.39, 0.29) is 10.9 Å². The molecule has 1 aliphatic heterocycles. The number of rotatable bonds is 3. The van der Waals surface area contributed by atoms with Gasteiger partial charge < -0.3 is 9.84 Å². The molecule has 2 heterocycles. The maximum absolute atomic E-state index is 12.3. The molecule has 2 aromatic rings. The van der Waals surface area contributed by atoms with Crippen molar-refractivity contribution in [2.24, 2.45) is 0 Å². The Hall–Kier alpha value is -1.44. The number of piperidine rings is 1. The maximum Gasteiger partial charge on any atom is 0.240 e. The van der Waals surface area contributed by atoms with Gasteiger partial charge in [-0.25, -0.2) is 13.1 Å². The second-order valence-electron chi connectivity index (χ2n) is 4.69. The van der Waals surface area contributed by atoms with Gasteiger partial charge in [-0.2, -0.15) is 0 Å². The number of hydrogen-bond acceptors (Lipinski definition) is 5. The van der Waals surface area contributed by atoms with Crippen LogP contribution in [0.2, 0.25) is 0 Å². The highest BCUT2D eigenvalue weighted by molar-refractivity contribution is 7.89. The van der Waals surface area contributed by atoms with Crippen LogP contribution >= 0.6 is 0 Å². The van der Waals surface area contributed by atoms with Crippen LogP contribution in [0.1, 0.15) is 12.8 Å². The third-order valence-electron chi connectivity index (χ3n) is 3.25. The minimum atomic E-state index is -3.49. The van der Waals surface area contributed by atoms with E-state index in [4.69, 9.17) is 4.52 Å². The summed E-state index contributed by atoms with van der Waals surface area (Å²) in [6.45, 7) is 1.62. The highest BCUT2D eigenvalue weighted by Gasteiger charge is 2.22. The number of fused-ring (bicyclic) bond motifs is 1. The molecule has 1 aliphatic rings. The lowest BCUT2D eigenvalue weighted by molar-refractivity contribution is 0.428. The van der Waals surface area contributed by atoms with Crippen LogP contribution in [0.3, 0.4) is 0 Å². The predicted octanol–water partition coefficient (Wildman–Crippen LogP) is 0.858. The minimum absolute atomic E-state index is 0.0445. The predicted molar refractivity (Wildman–Crippen MR) is 70.2 cm³/mol. The lowest BCUT2D eigenvalue weighted by Gasteiger charge is -2.23. The van der Waals surface area contributed by atoms with Crippen molar-refractivity contribution in [2.75, 3.05) is 13.1 Å². The zero-order valence-electron chi connectivity index (χ0n) is 10.3. The van der Waals surface area contributed by atoms with Crippen molar-refractivity contribution in [2.45, 2.75) is 23.8 Å². The van der Waals surface area contributed by atoms with E-state index in [1.165, 1.54) is 12.3 Å². The van der Waals surface area contributed by atoms with Crippen LogP contribution < -0.4 is 10.0 Å². The molecule has 0 spiro atoms. The summed E-state index contributed by atoms with van der Waals surface area (Å²) < 4.78 is 32.2. The zero-order chi connectivity index (χ0) is 13.3. The van der Waals surface area contributed by atoms with Gasteiger partial charge >= 0.3 is 0 Å². The quantitative estimate of drug-likeness (QED) is 0.871. The number of hydrogen-bond donors (Lipinski definition) is 2. The van der Waals surface area contributed by atoms with Crippen LogP contribution in [-0.2, 0) is 10.0 Å². The zero-order valence-corrected chi connectivity index (χ0v) is 11.1. The highest BCUT2D eigenvalue weighted by Crippen LogP contribution is 2.19. The summed E-state index contributed by atoms with van der Waals surface area (Å²) in [7, 11) is -3.49. The summed E-state index contributed by atoms with van der Waals surface area (Å²) >= 11 is 0. The van der Waals surface area contributed by atoms with Crippen LogP contribution in [0, 0.1) is 0 Å². The number of benzene rings is 1. The summed E-state index contributed by atoms with van der Waals surface area (Å²) in [5.41, 5.74) is 0.582. The van der Waals surface area contributed by atoms with Crippen LogP contribution in [0.15, 0.2) is 33.8 Å². The van der Waals surface area contributed by atoms with Crippen LogP contribution in [-0.4, -0.2) is 32.7 Å². The summed E-state index contributed by atoms with van der Waals surface area (Å²) in [4.78, 5) is 0.244. The Balaban J connectivity index is 1.85. The van der Waals surface area contributed by atoms with E-state index in [2.05, 4.69) is 15.2 Å². The Morgan fingerprint density at radius 3 is 3.11 bits per heavy atom. The van der Waals surface area contributed by atoms with Gasteiger partial charge in [0.25, 0.3) is 0 Å². The third kappa shape index (κ3) is 2.63. The van der Waals surface area contributed by atoms with E-state index >= 15 is 0 Å². The monoisotopic (exact) mass is 281 g/mol. The van der Waals surface area contributed by atoms with Crippen LogP contribution in [0.25, 0.3) is 11.0 Å². The first-order chi connectivity index (χ1) is 9.15. The van der Waals surface area contributed by atoms with E-state index in [0.717, 1.165) is 19.4 Å². The molecule has 0 aliphatic carbocycles. The first kappa shape index (κ1) is 12.6. The van der Waals surface area contributed by atoms with Crippen molar-refractivity contribution in [3.8, 4) is 0 Å². The van der Waals surface area contributed by atoms with Crippen molar-refractivity contribution >= 4 is 21.0 Å². The molecule has 1 aromatic heterocycles. The van der Waals surface area contributed by atoms with Gasteiger partial charge in [0.1, 0.15) is 0 Å². The Morgan fingerprint density at radius 1 is 1.42 bits per heavy atom. The van der Waals surface area contributed by atoms with E-state index in [1.807, 2.05) is 0 Å². The summed E-state index contributed by atoms with van der Waals surface area (Å²) in [5, 5.41) is 7.51. The van der Waals surface area contributed by atoms with Gasteiger partial charge in [-0.3, -0.25) is 0 Å². The Bertz CT molecular complexity index is 674. The molecule has 1 aromatic carbocycles. The molecule has 7 heteroatoms. The second-order valence-corrected chi connectivity index (χ2v) is 6.40. The molecule has 2 N–H and O–H groups in total. The average Bonchev–Trinajstić information content (AvgIpc) is 2.86. The van der Waals surface area contributed by atoms with E-state index in [9.17, 15) is 8.42 Å². The SMILES string of the molecule is O=S(=O)(NC1CCCNC1)c1ccc2oncc2c1. The second kappa shape index (κ2) is 4.92. The first-order valence-corrected chi connectivity index (χ1v) is 7.71. The van der Waals surface area contributed by atoms with Crippen molar-refractivity contribution in [3.05, 3.63) is 24.4 Å². The smallest absolute Gasteiger partial charge is 0.240 e. The molecule has 1 fully saturated rings. The first-order valence-electron chi connectivity index (χ1n) is 6.23. The molecule has 3 rings (SSSR count). The molecular weight excluding hydrogens is 266 g/mol. The normalized spacial score (nSPS) is 20.7. The highest BCUT2D eigenvalue weighted by atomic mass is 32.2. The summed E-state index contributed by atoms with van der Waals surface area (Å²) in [5.74, 6) is 0. The van der Waals surface area contributed by atoms with Gasteiger partial charge in [-0.15, -0.1) is 0 Å². The number of sulfonamides is 1. The van der Waals surface area contributed by atoms with Crippen molar-refractivity contribution < 1.29 is 12.9 Å². The van der Waals surface area contributed by atoms with Crippen molar-refractivity contribution in [1.82, 2.24) is 15.2 Å². The number of nitrogens with zero attached hydrogens (tertiary/aromatic N) is 1. The van der Waals surface area contributed by atoms with Crippen molar-refractivity contribution in [3.63, 3.8) is 0 Å². The topological polar surface area (TPSA) is 84.2 Å². The molecule has 0 saturated carbocycles. The molecule has 1 saturated heterocycles. The Morgan fingerprint density at radius 2 is 2.32 bits per heavy atom. The van der Waals surface area contributed by atoms with E-state index < -0.39 is 10.0 Å². The molecule has 1 unspecified atom stereocenters. The van der Waals surface area contributed by atoms with E-state index in [0.29, 0.717) is 17.5 Å². The summed E-state index contributed by atoms with van der Waals surface area (Å²) in [6, 6.07) is 4.68. The lowest BCUT2D eigenvalue weighted by atomic mass is 10.1. The fraction of sp³-hybridized carbons (Fsp3) is 0.417. The van der Waals surface area contributed by atoms with Gasteiger partial charge in [0.2, 0.25) is 10.0 Å². The van der Waals surface area contributed by atoms with Gasteiger partial charge in [0, 0.05) is 18.0 Å². The molecule has 0 amide bonds. The molecule has 102 valence electrons. The molecule has 6 nitrogen and oxygen atoms in total. The van der Waals surface area contributed by atoms with E-state index in [1.54, 1.807) is 12.1 Å². The fourth-order valence-corrected chi connectivity index (χ4v) is 3.56. The molecule has 1 atom stereocenters. The lowest BCUT2D eigenvalue weighted by Crippen LogP contribution is -2.45. The molecular formula is C12H15N3O3S. The number of nitrogens with one attached hydrogen (secondary N) is 2. The Labute approximate surface area is 111 Å². The van der Waals surface area contributed by atoms with Crippen molar-refractivity contribution in [1.29, 1.82) is 0 Å². The van der Waals surface area contributed by atoms with Gasteiger partial charge in [0.05, 0.1) is 11.1 Å². The van der Waals surface area contributed by atoms with Crippen LogP contribution in [0.4, 0.5) is 0 Å². The van der Waals surface area contributed by atoms with Crippen LogP contribution in [0.5, 0.6) is 0 Å². The summed E-state index contributed by atoms with van der Waals surface area (Å²) in [6.07, 6.45) is 3.36.